The van der Waals surface area contributed by atoms with Crippen molar-refractivity contribution in [1.29, 1.82) is 0 Å². The molecule has 0 amide bonds. The Hall–Kier alpha value is -1.84. The summed E-state index contributed by atoms with van der Waals surface area (Å²) in [6, 6.07) is 1.66. The second-order valence-corrected chi connectivity index (χ2v) is 3.14. The molecule has 0 spiro atoms. The smallest absolute Gasteiger partial charge is 0.216 e. The van der Waals surface area contributed by atoms with Crippen molar-refractivity contribution in [1.82, 2.24) is 9.55 Å². The van der Waals surface area contributed by atoms with E-state index in [4.69, 9.17) is 4.42 Å². The van der Waals surface area contributed by atoms with Crippen LogP contribution in [0.3, 0.4) is 0 Å². The second-order valence-electron chi connectivity index (χ2n) is 3.14. The van der Waals surface area contributed by atoms with Crippen molar-refractivity contribution in [2.45, 2.75) is 6.92 Å². The first kappa shape index (κ1) is 8.74. The van der Waals surface area contributed by atoms with Gasteiger partial charge < -0.3 is 8.98 Å². The van der Waals surface area contributed by atoms with E-state index in [0.717, 1.165) is 0 Å². The van der Waals surface area contributed by atoms with Gasteiger partial charge in [0, 0.05) is 13.2 Å². The van der Waals surface area contributed by atoms with E-state index in [2.05, 4.69) is 4.98 Å². The van der Waals surface area contributed by atoms with E-state index in [1.165, 1.54) is 6.26 Å². The van der Waals surface area contributed by atoms with E-state index in [9.17, 15) is 4.79 Å². The summed E-state index contributed by atoms with van der Waals surface area (Å²) in [6.45, 7) is 1.76. The van der Waals surface area contributed by atoms with Crippen LogP contribution in [-0.4, -0.2) is 15.3 Å². The number of aromatic nitrogens is 2. The van der Waals surface area contributed by atoms with Crippen LogP contribution in [0.1, 0.15) is 21.8 Å². The van der Waals surface area contributed by atoms with E-state index >= 15 is 0 Å². The third-order valence-corrected chi connectivity index (χ3v) is 2.04. The van der Waals surface area contributed by atoms with Crippen LogP contribution < -0.4 is 0 Å². The summed E-state index contributed by atoms with van der Waals surface area (Å²) in [4.78, 5) is 15.8. The summed E-state index contributed by atoms with van der Waals surface area (Å²) in [5, 5.41) is 0. The molecule has 4 nitrogen and oxygen atoms in total. The van der Waals surface area contributed by atoms with Crippen LogP contribution in [0.15, 0.2) is 29.3 Å². The normalized spacial score (nSPS) is 10.4. The molecule has 0 saturated heterocycles. The number of carbonyl (C=O) groups excluding carboxylic acids is 1. The van der Waals surface area contributed by atoms with Gasteiger partial charge in [-0.2, -0.15) is 0 Å². The van der Waals surface area contributed by atoms with Crippen molar-refractivity contribution < 1.29 is 9.21 Å². The first-order chi connectivity index (χ1) is 6.68. The number of nitrogens with zero attached hydrogens (tertiary/aromatic N) is 2. The van der Waals surface area contributed by atoms with Crippen LogP contribution >= 0.6 is 0 Å². The van der Waals surface area contributed by atoms with E-state index in [1.807, 2.05) is 7.05 Å². The molecule has 2 rings (SSSR count). The molecular weight excluding hydrogens is 180 g/mol. The van der Waals surface area contributed by atoms with Crippen LogP contribution in [0.25, 0.3) is 0 Å². The summed E-state index contributed by atoms with van der Waals surface area (Å²) in [6.07, 6.45) is 4.79. The minimum absolute atomic E-state index is 0.100. The molecule has 0 bridgehead atoms. The number of hydrogen-bond acceptors (Lipinski definition) is 3. The van der Waals surface area contributed by atoms with Gasteiger partial charge in [0.25, 0.3) is 0 Å². The standard InChI is InChI=1S/C10H10N2O2/c1-7-8(3-4-14-7)10(13)9-5-12(2)6-11-9/h3-6H,1-2H3. The maximum absolute atomic E-state index is 11.8. The van der Waals surface area contributed by atoms with Gasteiger partial charge in [0.1, 0.15) is 11.5 Å². The molecular formula is C10H10N2O2. The zero-order chi connectivity index (χ0) is 10.1. The lowest BCUT2D eigenvalue weighted by Gasteiger charge is -1.93. The fourth-order valence-corrected chi connectivity index (χ4v) is 1.29. The van der Waals surface area contributed by atoms with Crippen molar-refractivity contribution in [3.63, 3.8) is 0 Å². The molecule has 2 heterocycles. The van der Waals surface area contributed by atoms with Gasteiger partial charge in [0.2, 0.25) is 5.78 Å². The molecule has 0 atom stereocenters. The van der Waals surface area contributed by atoms with Gasteiger partial charge in [-0.25, -0.2) is 4.98 Å². The lowest BCUT2D eigenvalue weighted by atomic mass is 10.1. The van der Waals surface area contributed by atoms with Crippen molar-refractivity contribution in [2.75, 3.05) is 0 Å². The lowest BCUT2D eigenvalue weighted by molar-refractivity contribution is 0.103. The zero-order valence-electron chi connectivity index (χ0n) is 8.02. The van der Waals surface area contributed by atoms with Crippen molar-refractivity contribution in [3.05, 3.63) is 41.9 Å². The molecule has 0 N–H and O–H groups in total. The van der Waals surface area contributed by atoms with Gasteiger partial charge >= 0.3 is 0 Å². The quantitative estimate of drug-likeness (QED) is 0.675. The average molecular weight is 190 g/mol. The van der Waals surface area contributed by atoms with E-state index in [1.54, 1.807) is 30.1 Å². The van der Waals surface area contributed by atoms with Gasteiger partial charge in [-0.1, -0.05) is 0 Å². The Morgan fingerprint density at radius 3 is 2.86 bits per heavy atom. The van der Waals surface area contributed by atoms with Crippen LogP contribution in [-0.2, 0) is 7.05 Å². The fraction of sp³-hybridized carbons (Fsp3) is 0.200. The molecule has 0 fully saturated rings. The van der Waals surface area contributed by atoms with Crippen LogP contribution in [0.2, 0.25) is 0 Å². The van der Waals surface area contributed by atoms with Gasteiger partial charge in [-0.05, 0) is 13.0 Å². The highest BCUT2D eigenvalue weighted by molar-refractivity contribution is 6.08. The van der Waals surface area contributed by atoms with Crippen LogP contribution in [0.5, 0.6) is 0 Å². The maximum Gasteiger partial charge on any atom is 0.216 e. The molecule has 0 saturated carbocycles. The molecule has 72 valence electrons. The SMILES string of the molecule is Cc1occc1C(=O)c1cn(C)cn1. The molecule has 2 aromatic heterocycles. The summed E-state index contributed by atoms with van der Waals surface area (Å²) in [5.74, 6) is 0.525. The molecule has 2 aromatic rings. The Balaban J connectivity index is 2.38. The van der Waals surface area contributed by atoms with Crippen LogP contribution in [0, 0.1) is 6.92 Å². The number of rotatable bonds is 2. The van der Waals surface area contributed by atoms with Gasteiger partial charge in [-0.15, -0.1) is 0 Å². The predicted molar refractivity (Wildman–Crippen MR) is 50.1 cm³/mol. The van der Waals surface area contributed by atoms with Gasteiger partial charge in [0.05, 0.1) is 18.2 Å². The molecule has 0 aliphatic heterocycles. The van der Waals surface area contributed by atoms with Gasteiger partial charge in [-0.3, -0.25) is 4.79 Å². The van der Waals surface area contributed by atoms with E-state index < -0.39 is 0 Å². The number of hydrogen-bond donors (Lipinski definition) is 0. The maximum atomic E-state index is 11.8. The predicted octanol–water partition coefficient (Wildman–Crippen LogP) is 1.55. The Morgan fingerprint density at radius 2 is 2.36 bits per heavy atom. The molecule has 0 aliphatic carbocycles. The number of carbonyl (C=O) groups is 1. The third kappa shape index (κ3) is 1.35. The molecule has 0 aromatic carbocycles. The molecule has 0 radical (unpaired) electrons. The van der Waals surface area contributed by atoms with E-state index in [0.29, 0.717) is 17.0 Å². The minimum atomic E-state index is -0.100. The highest BCUT2D eigenvalue weighted by Gasteiger charge is 2.15. The first-order valence-corrected chi connectivity index (χ1v) is 4.25. The third-order valence-electron chi connectivity index (χ3n) is 2.04. The Labute approximate surface area is 81.2 Å². The monoisotopic (exact) mass is 190 g/mol. The summed E-state index contributed by atoms with van der Waals surface area (Å²) in [7, 11) is 1.83. The second kappa shape index (κ2) is 3.14. The number of imidazole rings is 1. The first-order valence-electron chi connectivity index (χ1n) is 4.25. The Kier molecular flexibility index (Phi) is 1.96. The molecule has 0 aliphatic rings. The van der Waals surface area contributed by atoms with E-state index in [-0.39, 0.29) is 5.78 Å². The highest BCUT2D eigenvalue weighted by Crippen LogP contribution is 2.13. The van der Waals surface area contributed by atoms with Crippen molar-refractivity contribution in [2.24, 2.45) is 7.05 Å². The Bertz CT molecular complexity index is 468. The van der Waals surface area contributed by atoms with Crippen molar-refractivity contribution in [3.8, 4) is 0 Å². The van der Waals surface area contributed by atoms with Crippen molar-refractivity contribution >= 4 is 5.78 Å². The molecule has 14 heavy (non-hydrogen) atoms. The number of ketones is 1. The number of furan rings is 1. The summed E-state index contributed by atoms with van der Waals surface area (Å²) >= 11 is 0. The fourth-order valence-electron chi connectivity index (χ4n) is 1.29. The highest BCUT2D eigenvalue weighted by atomic mass is 16.3. The topological polar surface area (TPSA) is 48.0 Å². The largest absolute Gasteiger partial charge is 0.469 e. The van der Waals surface area contributed by atoms with Crippen LogP contribution in [0.4, 0.5) is 0 Å². The molecule has 0 unspecified atom stereocenters. The summed E-state index contributed by atoms with van der Waals surface area (Å²) in [5.41, 5.74) is 1.01. The average Bonchev–Trinajstić information content (AvgIpc) is 2.73. The molecule has 4 heteroatoms. The summed E-state index contributed by atoms with van der Waals surface area (Å²) < 4.78 is 6.80. The minimum Gasteiger partial charge on any atom is -0.469 e. The van der Waals surface area contributed by atoms with Gasteiger partial charge in [0.15, 0.2) is 0 Å². The lowest BCUT2D eigenvalue weighted by Crippen LogP contribution is -2.01. The number of aryl methyl sites for hydroxylation is 2. The Morgan fingerprint density at radius 1 is 1.57 bits per heavy atom. The zero-order valence-corrected chi connectivity index (χ0v) is 8.02.